The lowest BCUT2D eigenvalue weighted by molar-refractivity contribution is 0.605. The van der Waals surface area contributed by atoms with Crippen molar-refractivity contribution in [1.29, 1.82) is 0 Å². The minimum Gasteiger partial charge on any atom is -0.0654 e. The molecule has 188 valence electrons. The standard InChI is InChI=1S/C34H47S/c1-3-5-7-9-11-14-22-30-24-18-20-28-33(30)35(32-26-16-13-17-27-32)34-29-21-19-25-31(34)23-15-12-10-8-6-4-2/h13,16-21,24-29H,3-12,14-15,22-23H2,1-2H3/q+1. The van der Waals surface area contributed by atoms with E-state index in [4.69, 9.17) is 0 Å². The predicted octanol–water partition coefficient (Wildman–Crippen LogP) is 10.6. The molecule has 0 aromatic heterocycles. The fraction of sp³-hybridized carbons (Fsp3) is 0.471. The van der Waals surface area contributed by atoms with Crippen molar-refractivity contribution in [3.05, 3.63) is 90.0 Å². The summed E-state index contributed by atoms with van der Waals surface area (Å²) in [6.07, 6.45) is 18.6. The summed E-state index contributed by atoms with van der Waals surface area (Å²) in [5, 5.41) is 0. The van der Waals surface area contributed by atoms with E-state index >= 15 is 0 Å². The van der Waals surface area contributed by atoms with Gasteiger partial charge >= 0.3 is 0 Å². The van der Waals surface area contributed by atoms with Gasteiger partial charge in [-0.2, -0.15) is 0 Å². The molecule has 0 bridgehead atoms. The predicted molar refractivity (Wildman–Crippen MR) is 156 cm³/mol. The summed E-state index contributed by atoms with van der Waals surface area (Å²) in [6.45, 7) is 4.59. The average molecular weight is 488 g/mol. The summed E-state index contributed by atoms with van der Waals surface area (Å²) in [6, 6.07) is 29.8. The minimum absolute atomic E-state index is 0.0582. The molecule has 0 atom stereocenters. The summed E-state index contributed by atoms with van der Waals surface area (Å²) >= 11 is 0. The zero-order valence-electron chi connectivity index (χ0n) is 22.3. The van der Waals surface area contributed by atoms with Gasteiger partial charge in [-0.25, -0.2) is 0 Å². The van der Waals surface area contributed by atoms with E-state index in [2.05, 4.69) is 92.7 Å². The van der Waals surface area contributed by atoms with Gasteiger partial charge in [0.05, 0.1) is 10.9 Å². The van der Waals surface area contributed by atoms with Gasteiger partial charge in [0.15, 0.2) is 14.7 Å². The van der Waals surface area contributed by atoms with Gasteiger partial charge in [-0.15, -0.1) is 0 Å². The Balaban J connectivity index is 1.82. The second kappa shape index (κ2) is 16.6. The van der Waals surface area contributed by atoms with Crippen molar-refractivity contribution >= 4 is 10.9 Å². The molecule has 0 aliphatic heterocycles. The fourth-order valence-electron chi connectivity index (χ4n) is 4.94. The number of aryl methyl sites for hydroxylation is 2. The maximum atomic E-state index is 2.41. The smallest absolute Gasteiger partial charge is 0.0654 e. The molecular weight excluding hydrogens is 440 g/mol. The quantitative estimate of drug-likeness (QED) is 0.131. The van der Waals surface area contributed by atoms with Crippen LogP contribution in [0.15, 0.2) is 93.5 Å². The first-order valence-corrected chi connectivity index (χ1v) is 15.5. The molecule has 3 aromatic carbocycles. The van der Waals surface area contributed by atoms with Crippen LogP contribution in [0.4, 0.5) is 0 Å². The molecule has 0 aliphatic rings. The van der Waals surface area contributed by atoms with Crippen LogP contribution in [0.2, 0.25) is 0 Å². The molecule has 0 nitrogen and oxygen atoms in total. The highest BCUT2D eigenvalue weighted by atomic mass is 32.2. The van der Waals surface area contributed by atoms with Crippen LogP contribution in [0.3, 0.4) is 0 Å². The SMILES string of the molecule is CCCCCCCCc1ccccc1[S+](c1ccccc1)c1ccccc1CCCCCCCC. The molecule has 0 spiro atoms. The second-order valence-electron chi connectivity index (χ2n) is 9.87. The maximum Gasteiger partial charge on any atom is 0.169 e. The van der Waals surface area contributed by atoms with Crippen molar-refractivity contribution in [3.63, 3.8) is 0 Å². The van der Waals surface area contributed by atoms with Crippen LogP contribution >= 0.6 is 0 Å². The molecule has 1 heteroatoms. The Kier molecular flexibility index (Phi) is 13.1. The first-order valence-electron chi connectivity index (χ1n) is 14.3. The van der Waals surface area contributed by atoms with Crippen LogP contribution in [0.5, 0.6) is 0 Å². The van der Waals surface area contributed by atoms with E-state index in [9.17, 15) is 0 Å². The highest BCUT2D eigenvalue weighted by Crippen LogP contribution is 2.36. The molecule has 0 amide bonds. The third-order valence-electron chi connectivity index (χ3n) is 6.96. The normalized spacial score (nSPS) is 11.3. The summed E-state index contributed by atoms with van der Waals surface area (Å²) in [5.74, 6) is 0. The van der Waals surface area contributed by atoms with Gasteiger partial charge in [0.25, 0.3) is 0 Å². The van der Waals surface area contributed by atoms with E-state index in [1.165, 1.54) is 105 Å². The average Bonchev–Trinajstić information content (AvgIpc) is 2.90. The van der Waals surface area contributed by atoms with E-state index < -0.39 is 0 Å². The second-order valence-corrected chi connectivity index (χ2v) is 11.8. The molecule has 0 radical (unpaired) electrons. The van der Waals surface area contributed by atoms with E-state index in [0.717, 1.165) is 0 Å². The Labute approximate surface area is 218 Å². The zero-order chi connectivity index (χ0) is 24.6. The fourth-order valence-corrected chi connectivity index (χ4v) is 7.41. The van der Waals surface area contributed by atoms with Crippen LogP contribution in [-0.2, 0) is 23.7 Å². The maximum absolute atomic E-state index is 2.41. The van der Waals surface area contributed by atoms with Crippen molar-refractivity contribution in [1.82, 2.24) is 0 Å². The van der Waals surface area contributed by atoms with E-state index in [-0.39, 0.29) is 10.9 Å². The van der Waals surface area contributed by atoms with Crippen molar-refractivity contribution < 1.29 is 0 Å². The third kappa shape index (κ3) is 9.19. The molecule has 0 fully saturated rings. The summed E-state index contributed by atoms with van der Waals surface area (Å²) in [7, 11) is -0.0582. The first kappa shape index (κ1) is 27.6. The third-order valence-corrected chi connectivity index (χ3v) is 9.38. The number of rotatable bonds is 17. The molecule has 0 saturated carbocycles. The Morgan fingerprint density at radius 2 is 0.829 bits per heavy atom. The number of hydrogen-bond donors (Lipinski definition) is 0. The van der Waals surface area contributed by atoms with Crippen molar-refractivity contribution in [2.24, 2.45) is 0 Å². The van der Waals surface area contributed by atoms with E-state index in [1.54, 1.807) is 11.1 Å². The van der Waals surface area contributed by atoms with Gasteiger partial charge in [0.2, 0.25) is 0 Å². The molecular formula is C34H47S+. The van der Waals surface area contributed by atoms with Crippen LogP contribution in [0, 0.1) is 0 Å². The zero-order valence-corrected chi connectivity index (χ0v) is 23.1. The molecule has 0 N–H and O–H groups in total. The van der Waals surface area contributed by atoms with Crippen molar-refractivity contribution in [3.8, 4) is 0 Å². The van der Waals surface area contributed by atoms with Crippen molar-refractivity contribution in [2.45, 2.75) is 118 Å². The largest absolute Gasteiger partial charge is 0.169 e. The Morgan fingerprint density at radius 3 is 1.31 bits per heavy atom. The van der Waals surface area contributed by atoms with Crippen LogP contribution in [-0.4, -0.2) is 0 Å². The summed E-state index contributed by atoms with van der Waals surface area (Å²) in [4.78, 5) is 4.50. The number of unbranched alkanes of at least 4 members (excludes halogenated alkanes) is 10. The van der Waals surface area contributed by atoms with E-state index in [0.29, 0.717) is 0 Å². The lowest BCUT2D eigenvalue weighted by Gasteiger charge is -2.15. The lowest BCUT2D eigenvalue weighted by atomic mass is 10.0. The number of benzene rings is 3. The highest BCUT2D eigenvalue weighted by molar-refractivity contribution is 7.97. The molecule has 0 aliphatic carbocycles. The molecule has 3 aromatic rings. The van der Waals surface area contributed by atoms with Gasteiger partial charge in [-0.1, -0.05) is 133 Å². The molecule has 0 unspecified atom stereocenters. The monoisotopic (exact) mass is 487 g/mol. The minimum atomic E-state index is -0.0582. The van der Waals surface area contributed by atoms with Gasteiger partial charge in [0.1, 0.15) is 0 Å². The number of hydrogen-bond acceptors (Lipinski definition) is 0. The summed E-state index contributed by atoms with van der Waals surface area (Å²) < 4.78 is 0. The molecule has 35 heavy (non-hydrogen) atoms. The van der Waals surface area contributed by atoms with Crippen LogP contribution in [0.25, 0.3) is 0 Å². The van der Waals surface area contributed by atoms with E-state index in [1.807, 2.05) is 0 Å². The Morgan fingerprint density at radius 1 is 0.429 bits per heavy atom. The molecule has 0 saturated heterocycles. The topological polar surface area (TPSA) is 0 Å². The van der Waals surface area contributed by atoms with Crippen molar-refractivity contribution in [2.75, 3.05) is 0 Å². The summed E-state index contributed by atoms with van der Waals surface area (Å²) in [5.41, 5.74) is 3.09. The van der Waals surface area contributed by atoms with Crippen LogP contribution < -0.4 is 0 Å². The van der Waals surface area contributed by atoms with Gasteiger partial charge in [0, 0.05) is 11.1 Å². The van der Waals surface area contributed by atoms with Crippen LogP contribution in [0.1, 0.15) is 102 Å². The lowest BCUT2D eigenvalue weighted by Crippen LogP contribution is -2.10. The molecule has 0 heterocycles. The highest BCUT2D eigenvalue weighted by Gasteiger charge is 2.32. The van der Waals surface area contributed by atoms with Gasteiger partial charge < -0.3 is 0 Å². The Bertz CT molecular complexity index is 886. The van der Waals surface area contributed by atoms with Gasteiger partial charge in [-0.05, 0) is 49.9 Å². The molecule has 3 rings (SSSR count). The first-order chi connectivity index (χ1) is 17.3. The Hall–Kier alpha value is -1.99. The van der Waals surface area contributed by atoms with Gasteiger partial charge in [-0.3, -0.25) is 0 Å².